The maximum atomic E-state index is 11.1. The van der Waals surface area contributed by atoms with Crippen LogP contribution in [0.5, 0.6) is 11.5 Å². The van der Waals surface area contributed by atoms with E-state index in [4.69, 9.17) is 14.6 Å². The minimum absolute atomic E-state index is 0.0823. The Kier molecular flexibility index (Phi) is 3.78. The molecule has 0 bridgehead atoms. The second-order valence-corrected chi connectivity index (χ2v) is 4.39. The molecule has 1 N–H and O–H groups in total. The Balaban J connectivity index is 2.18. The molecule has 0 radical (unpaired) electrons. The van der Waals surface area contributed by atoms with Gasteiger partial charge in [0.05, 0.1) is 17.5 Å². The number of carbonyl (C=O) groups is 1. The third-order valence-corrected chi connectivity index (χ3v) is 3.02. The number of carboxylic acid groups (broad SMARTS) is 1. The monoisotopic (exact) mass is 265 g/mol. The Morgan fingerprint density at radius 1 is 1.50 bits per heavy atom. The van der Waals surface area contributed by atoms with Gasteiger partial charge >= 0.3 is 5.97 Å². The van der Waals surface area contributed by atoms with E-state index in [0.29, 0.717) is 18.1 Å². The van der Waals surface area contributed by atoms with Crippen molar-refractivity contribution in [1.82, 2.24) is 4.98 Å². The molecule has 0 amide bonds. The van der Waals surface area contributed by atoms with Crippen LogP contribution in [-0.2, 0) is 6.61 Å². The van der Waals surface area contributed by atoms with E-state index in [1.807, 2.05) is 0 Å². The van der Waals surface area contributed by atoms with Crippen LogP contribution >= 0.6 is 11.3 Å². The van der Waals surface area contributed by atoms with Crippen molar-refractivity contribution in [1.29, 1.82) is 0 Å². The smallest absolute Gasteiger partial charge is 0.339 e. The summed E-state index contributed by atoms with van der Waals surface area (Å²) < 4.78 is 10.5. The zero-order valence-corrected chi connectivity index (χ0v) is 10.4. The van der Waals surface area contributed by atoms with Gasteiger partial charge in [0, 0.05) is 6.20 Å². The highest BCUT2D eigenvalue weighted by atomic mass is 32.1. The van der Waals surface area contributed by atoms with Gasteiger partial charge in [-0.15, -0.1) is 11.3 Å². The summed E-state index contributed by atoms with van der Waals surface area (Å²) in [6.45, 7) is 0.303. The van der Waals surface area contributed by atoms with Crippen LogP contribution in [0.15, 0.2) is 29.9 Å². The van der Waals surface area contributed by atoms with Gasteiger partial charge in [0.2, 0.25) is 0 Å². The first kappa shape index (κ1) is 12.4. The predicted octanol–water partition coefficient (Wildman–Crippen LogP) is 2.43. The van der Waals surface area contributed by atoms with Crippen molar-refractivity contribution in [2.45, 2.75) is 6.61 Å². The molecule has 1 heterocycles. The molecule has 5 nitrogen and oxygen atoms in total. The molecule has 2 aromatic rings. The van der Waals surface area contributed by atoms with Crippen LogP contribution in [0.4, 0.5) is 0 Å². The largest absolute Gasteiger partial charge is 0.497 e. The average Bonchev–Trinajstić information content (AvgIpc) is 2.89. The first-order valence-corrected chi connectivity index (χ1v) is 6.00. The Hall–Kier alpha value is -2.08. The van der Waals surface area contributed by atoms with Crippen molar-refractivity contribution in [3.63, 3.8) is 0 Å². The number of rotatable bonds is 5. The molecule has 0 atom stereocenters. The van der Waals surface area contributed by atoms with Crippen molar-refractivity contribution in [2.24, 2.45) is 0 Å². The lowest BCUT2D eigenvalue weighted by molar-refractivity contribution is 0.0691. The van der Waals surface area contributed by atoms with E-state index in [0.717, 1.165) is 4.88 Å². The summed E-state index contributed by atoms with van der Waals surface area (Å²) in [5.41, 5.74) is 1.78. The molecular formula is C12H11NO4S. The van der Waals surface area contributed by atoms with E-state index in [2.05, 4.69) is 4.98 Å². The number of methoxy groups -OCH3 is 1. The van der Waals surface area contributed by atoms with Gasteiger partial charge in [0.15, 0.2) is 0 Å². The van der Waals surface area contributed by atoms with E-state index >= 15 is 0 Å². The number of thiazole rings is 1. The lowest BCUT2D eigenvalue weighted by atomic mass is 10.2. The van der Waals surface area contributed by atoms with Crippen LogP contribution in [0.25, 0.3) is 0 Å². The van der Waals surface area contributed by atoms with Gasteiger partial charge in [-0.25, -0.2) is 4.79 Å². The molecule has 0 aliphatic carbocycles. The van der Waals surface area contributed by atoms with Gasteiger partial charge < -0.3 is 14.6 Å². The topological polar surface area (TPSA) is 68.7 Å². The third-order valence-electron chi connectivity index (χ3n) is 2.27. The summed E-state index contributed by atoms with van der Waals surface area (Å²) in [7, 11) is 1.48. The molecule has 6 heteroatoms. The second kappa shape index (κ2) is 5.50. The first-order valence-electron chi connectivity index (χ1n) is 5.12. The van der Waals surface area contributed by atoms with Crippen molar-refractivity contribution < 1.29 is 19.4 Å². The quantitative estimate of drug-likeness (QED) is 0.899. The van der Waals surface area contributed by atoms with E-state index < -0.39 is 5.97 Å². The fourth-order valence-corrected chi connectivity index (χ4v) is 1.90. The van der Waals surface area contributed by atoms with Crippen molar-refractivity contribution in [2.75, 3.05) is 7.11 Å². The van der Waals surface area contributed by atoms with Crippen LogP contribution in [0.3, 0.4) is 0 Å². The third kappa shape index (κ3) is 2.78. The summed E-state index contributed by atoms with van der Waals surface area (Å²) in [5, 5.41) is 9.10. The summed E-state index contributed by atoms with van der Waals surface area (Å²) in [4.78, 5) is 16.0. The molecule has 0 aliphatic rings. The minimum atomic E-state index is -1.05. The van der Waals surface area contributed by atoms with Crippen LogP contribution in [0.2, 0.25) is 0 Å². The lowest BCUT2D eigenvalue weighted by Gasteiger charge is -2.09. The van der Waals surface area contributed by atoms with E-state index in [-0.39, 0.29) is 5.56 Å². The van der Waals surface area contributed by atoms with E-state index in [9.17, 15) is 4.79 Å². The number of benzene rings is 1. The van der Waals surface area contributed by atoms with Gasteiger partial charge in [0.1, 0.15) is 23.7 Å². The summed E-state index contributed by atoms with van der Waals surface area (Å²) >= 11 is 1.46. The SMILES string of the molecule is COc1ccc(OCc2cncs2)c(C(=O)O)c1. The molecule has 0 spiro atoms. The molecule has 2 rings (SSSR count). The molecule has 0 unspecified atom stereocenters. The fraction of sp³-hybridized carbons (Fsp3) is 0.167. The minimum Gasteiger partial charge on any atom is -0.497 e. The number of hydrogen-bond acceptors (Lipinski definition) is 5. The molecule has 0 saturated heterocycles. The van der Waals surface area contributed by atoms with Gasteiger partial charge in [-0.2, -0.15) is 0 Å². The number of carboxylic acids is 1. The Labute approximate surface area is 108 Å². The standard InChI is InChI=1S/C12H11NO4S/c1-16-8-2-3-11(10(4-8)12(14)15)17-6-9-5-13-7-18-9/h2-5,7H,6H2,1H3,(H,14,15). The normalized spacial score (nSPS) is 10.1. The zero-order valence-electron chi connectivity index (χ0n) is 9.62. The van der Waals surface area contributed by atoms with Crippen molar-refractivity contribution in [3.8, 4) is 11.5 Å². The molecule has 94 valence electrons. The van der Waals surface area contributed by atoms with E-state index in [1.165, 1.54) is 24.5 Å². The Morgan fingerprint density at radius 2 is 2.33 bits per heavy atom. The molecule has 0 aliphatic heterocycles. The second-order valence-electron chi connectivity index (χ2n) is 3.42. The van der Waals surface area contributed by atoms with Crippen LogP contribution in [0, 0.1) is 0 Å². The van der Waals surface area contributed by atoms with Crippen LogP contribution < -0.4 is 9.47 Å². The zero-order chi connectivity index (χ0) is 13.0. The highest BCUT2D eigenvalue weighted by Gasteiger charge is 2.13. The molecule has 1 aromatic carbocycles. The van der Waals surface area contributed by atoms with Gasteiger partial charge in [0.25, 0.3) is 0 Å². The summed E-state index contributed by atoms with van der Waals surface area (Å²) in [5.74, 6) is -0.248. The summed E-state index contributed by atoms with van der Waals surface area (Å²) in [6.07, 6.45) is 1.69. The molecule has 0 saturated carbocycles. The van der Waals surface area contributed by atoms with Crippen molar-refractivity contribution in [3.05, 3.63) is 40.3 Å². The summed E-state index contributed by atoms with van der Waals surface area (Å²) in [6, 6.07) is 4.68. The maximum absolute atomic E-state index is 11.1. The lowest BCUT2D eigenvalue weighted by Crippen LogP contribution is -2.03. The van der Waals surface area contributed by atoms with Crippen LogP contribution in [-0.4, -0.2) is 23.2 Å². The van der Waals surface area contributed by atoms with Gasteiger partial charge in [-0.05, 0) is 18.2 Å². The number of aromatic nitrogens is 1. The molecule has 0 fully saturated rings. The van der Waals surface area contributed by atoms with Gasteiger partial charge in [-0.1, -0.05) is 0 Å². The van der Waals surface area contributed by atoms with Crippen LogP contribution in [0.1, 0.15) is 15.2 Å². The average molecular weight is 265 g/mol. The Bertz CT molecular complexity index is 539. The van der Waals surface area contributed by atoms with Gasteiger partial charge in [-0.3, -0.25) is 4.98 Å². The number of nitrogens with zero attached hydrogens (tertiary/aromatic N) is 1. The maximum Gasteiger partial charge on any atom is 0.339 e. The highest BCUT2D eigenvalue weighted by Crippen LogP contribution is 2.25. The fourth-order valence-electron chi connectivity index (χ4n) is 1.39. The number of hydrogen-bond donors (Lipinski definition) is 1. The number of ether oxygens (including phenoxy) is 2. The molecule has 1 aromatic heterocycles. The number of aromatic carboxylic acids is 1. The van der Waals surface area contributed by atoms with Crippen molar-refractivity contribution >= 4 is 17.3 Å². The predicted molar refractivity (Wildman–Crippen MR) is 66.4 cm³/mol. The highest BCUT2D eigenvalue weighted by molar-refractivity contribution is 7.09. The molecular weight excluding hydrogens is 254 g/mol. The Morgan fingerprint density at radius 3 is 2.94 bits per heavy atom. The first-order chi connectivity index (χ1) is 8.70. The molecule has 18 heavy (non-hydrogen) atoms. The van der Waals surface area contributed by atoms with E-state index in [1.54, 1.807) is 23.8 Å².